The Balaban J connectivity index is 2.12. The second kappa shape index (κ2) is 3.96. The first-order valence-corrected chi connectivity index (χ1v) is 3.86. The molecule has 1 aliphatic carbocycles. The number of rotatable bonds is 4. The standard InChI is InChI=1S/C9H12O2/c10-9(11)7-3-6-8-4-1-2-5-8/h1,4-5H,2-3,6-7H2,(H,10,11). The van der Waals surface area contributed by atoms with Crippen molar-refractivity contribution >= 4 is 5.97 Å². The molecule has 1 N–H and O–H groups in total. The molecule has 0 fully saturated rings. The summed E-state index contributed by atoms with van der Waals surface area (Å²) in [6.45, 7) is 0. The van der Waals surface area contributed by atoms with Gasteiger partial charge in [0.25, 0.3) is 0 Å². The summed E-state index contributed by atoms with van der Waals surface area (Å²) in [7, 11) is 0. The van der Waals surface area contributed by atoms with E-state index in [0.29, 0.717) is 0 Å². The number of aliphatic carboxylic acids is 1. The molecule has 0 aromatic heterocycles. The SMILES string of the molecule is O=C(O)CCCC1=CCC=C1. The van der Waals surface area contributed by atoms with Crippen LogP contribution in [0.3, 0.4) is 0 Å². The van der Waals surface area contributed by atoms with Crippen molar-refractivity contribution in [2.24, 2.45) is 0 Å². The Labute approximate surface area is 66.2 Å². The van der Waals surface area contributed by atoms with Crippen LogP contribution in [0.4, 0.5) is 0 Å². The molecule has 0 unspecified atom stereocenters. The minimum Gasteiger partial charge on any atom is -0.481 e. The molecular weight excluding hydrogens is 140 g/mol. The molecule has 0 spiro atoms. The maximum atomic E-state index is 10.1. The number of carboxylic acid groups (broad SMARTS) is 1. The largest absolute Gasteiger partial charge is 0.481 e. The molecule has 0 atom stereocenters. The molecule has 0 bridgehead atoms. The summed E-state index contributed by atoms with van der Waals surface area (Å²) in [5.74, 6) is -0.701. The number of hydrogen-bond donors (Lipinski definition) is 1. The van der Waals surface area contributed by atoms with Crippen LogP contribution in [0.2, 0.25) is 0 Å². The van der Waals surface area contributed by atoms with Gasteiger partial charge in [0.05, 0.1) is 0 Å². The van der Waals surface area contributed by atoms with E-state index in [4.69, 9.17) is 5.11 Å². The Bertz CT molecular complexity index is 202. The molecule has 0 aromatic rings. The van der Waals surface area contributed by atoms with Gasteiger partial charge in [-0.25, -0.2) is 0 Å². The van der Waals surface area contributed by atoms with Crippen molar-refractivity contribution in [2.75, 3.05) is 0 Å². The van der Waals surface area contributed by atoms with Gasteiger partial charge in [0.1, 0.15) is 0 Å². The van der Waals surface area contributed by atoms with Crippen molar-refractivity contribution in [1.29, 1.82) is 0 Å². The van der Waals surface area contributed by atoms with Crippen LogP contribution in [-0.4, -0.2) is 11.1 Å². The maximum Gasteiger partial charge on any atom is 0.303 e. The zero-order chi connectivity index (χ0) is 8.10. The van der Waals surface area contributed by atoms with Gasteiger partial charge in [-0.15, -0.1) is 0 Å². The highest BCUT2D eigenvalue weighted by Gasteiger charge is 2.00. The quantitative estimate of drug-likeness (QED) is 0.670. The highest BCUT2D eigenvalue weighted by atomic mass is 16.4. The summed E-state index contributed by atoms with van der Waals surface area (Å²) in [6.07, 6.45) is 9.27. The van der Waals surface area contributed by atoms with Crippen molar-refractivity contribution in [1.82, 2.24) is 0 Å². The zero-order valence-corrected chi connectivity index (χ0v) is 6.42. The van der Waals surface area contributed by atoms with Crippen molar-refractivity contribution in [3.05, 3.63) is 23.8 Å². The van der Waals surface area contributed by atoms with Crippen LogP contribution in [0, 0.1) is 0 Å². The third-order valence-electron chi connectivity index (χ3n) is 1.70. The predicted molar refractivity (Wildman–Crippen MR) is 43.3 cm³/mol. The van der Waals surface area contributed by atoms with Gasteiger partial charge in [-0.3, -0.25) is 4.79 Å². The van der Waals surface area contributed by atoms with Crippen molar-refractivity contribution in [3.63, 3.8) is 0 Å². The van der Waals surface area contributed by atoms with Crippen LogP contribution in [-0.2, 0) is 4.79 Å². The van der Waals surface area contributed by atoms with Crippen molar-refractivity contribution < 1.29 is 9.90 Å². The topological polar surface area (TPSA) is 37.3 Å². The zero-order valence-electron chi connectivity index (χ0n) is 6.42. The van der Waals surface area contributed by atoms with Gasteiger partial charge in [-0.05, 0) is 19.3 Å². The summed E-state index contributed by atoms with van der Waals surface area (Å²) >= 11 is 0. The lowest BCUT2D eigenvalue weighted by molar-refractivity contribution is -0.137. The van der Waals surface area contributed by atoms with E-state index < -0.39 is 5.97 Å². The molecule has 60 valence electrons. The van der Waals surface area contributed by atoms with Crippen LogP contribution in [0.5, 0.6) is 0 Å². The fourth-order valence-corrected chi connectivity index (χ4v) is 1.14. The third kappa shape index (κ3) is 3.03. The lowest BCUT2D eigenvalue weighted by Crippen LogP contribution is -1.93. The maximum absolute atomic E-state index is 10.1. The smallest absolute Gasteiger partial charge is 0.303 e. The van der Waals surface area contributed by atoms with Gasteiger partial charge in [-0.2, -0.15) is 0 Å². The van der Waals surface area contributed by atoms with Gasteiger partial charge in [0.2, 0.25) is 0 Å². The van der Waals surface area contributed by atoms with E-state index in [2.05, 4.69) is 18.2 Å². The highest BCUT2D eigenvalue weighted by molar-refractivity contribution is 5.66. The first-order valence-electron chi connectivity index (χ1n) is 3.86. The summed E-state index contributed by atoms with van der Waals surface area (Å²) < 4.78 is 0. The van der Waals surface area contributed by atoms with Crippen molar-refractivity contribution in [3.8, 4) is 0 Å². The van der Waals surface area contributed by atoms with E-state index in [1.165, 1.54) is 5.57 Å². The average Bonchev–Trinajstić information content (AvgIpc) is 2.39. The van der Waals surface area contributed by atoms with Crippen LogP contribution in [0.25, 0.3) is 0 Å². The lowest BCUT2D eigenvalue weighted by Gasteiger charge is -1.95. The minimum absolute atomic E-state index is 0.283. The van der Waals surface area contributed by atoms with Crippen molar-refractivity contribution in [2.45, 2.75) is 25.7 Å². The van der Waals surface area contributed by atoms with Crippen LogP contribution in [0.15, 0.2) is 23.8 Å². The molecule has 0 amide bonds. The number of allylic oxidation sites excluding steroid dienone is 4. The van der Waals surface area contributed by atoms with Crippen LogP contribution < -0.4 is 0 Å². The summed E-state index contributed by atoms with van der Waals surface area (Å²) in [4.78, 5) is 10.1. The molecule has 0 saturated carbocycles. The fraction of sp³-hybridized carbons (Fsp3) is 0.444. The Morgan fingerprint density at radius 3 is 3.00 bits per heavy atom. The molecule has 0 aliphatic heterocycles. The molecule has 1 rings (SSSR count). The molecule has 0 saturated heterocycles. The second-order valence-corrected chi connectivity index (χ2v) is 2.66. The van der Waals surface area contributed by atoms with Gasteiger partial charge in [0.15, 0.2) is 0 Å². The van der Waals surface area contributed by atoms with Crippen LogP contribution in [0.1, 0.15) is 25.7 Å². The average molecular weight is 152 g/mol. The first kappa shape index (κ1) is 8.05. The first-order chi connectivity index (χ1) is 5.29. The molecule has 0 aromatic carbocycles. The number of carboxylic acids is 1. The number of hydrogen-bond acceptors (Lipinski definition) is 1. The molecule has 0 heterocycles. The second-order valence-electron chi connectivity index (χ2n) is 2.66. The summed E-state index contributed by atoms with van der Waals surface area (Å²) in [5, 5.41) is 8.35. The molecular formula is C9H12O2. The third-order valence-corrected chi connectivity index (χ3v) is 1.70. The Hall–Kier alpha value is -1.05. The van der Waals surface area contributed by atoms with Gasteiger partial charge < -0.3 is 5.11 Å². The van der Waals surface area contributed by atoms with Crippen LogP contribution >= 0.6 is 0 Å². The normalized spacial score (nSPS) is 15.1. The van der Waals surface area contributed by atoms with Gasteiger partial charge in [0, 0.05) is 6.42 Å². The summed E-state index contributed by atoms with van der Waals surface area (Å²) in [5.41, 5.74) is 1.28. The van der Waals surface area contributed by atoms with E-state index in [9.17, 15) is 4.79 Å². The lowest BCUT2D eigenvalue weighted by atomic mass is 10.1. The van der Waals surface area contributed by atoms with Gasteiger partial charge in [-0.1, -0.05) is 23.8 Å². The Morgan fingerprint density at radius 2 is 2.45 bits per heavy atom. The molecule has 2 nitrogen and oxygen atoms in total. The molecule has 0 radical (unpaired) electrons. The van der Waals surface area contributed by atoms with E-state index in [1.807, 2.05) is 0 Å². The predicted octanol–water partition coefficient (Wildman–Crippen LogP) is 2.13. The minimum atomic E-state index is -0.701. The van der Waals surface area contributed by atoms with E-state index in [-0.39, 0.29) is 6.42 Å². The fourth-order valence-electron chi connectivity index (χ4n) is 1.14. The Morgan fingerprint density at radius 1 is 1.64 bits per heavy atom. The monoisotopic (exact) mass is 152 g/mol. The molecule has 2 heteroatoms. The molecule has 1 aliphatic rings. The van der Waals surface area contributed by atoms with E-state index in [0.717, 1.165) is 19.3 Å². The van der Waals surface area contributed by atoms with E-state index in [1.54, 1.807) is 0 Å². The highest BCUT2D eigenvalue weighted by Crippen LogP contribution is 2.15. The van der Waals surface area contributed by atoms with E-state index >= 15 is 0 Å². The van der Waals surface area contributed by atoms with Gasteiger partial charge >= 0.3 is 5.97 Å². The molecule has 11 heavy (non-hydrogen) atoms. The Kier molecular flexibility index (Phi) is 2.90. The number of carbonyl (C=O) groups is 1. The summed E-state index contributed by atoms with van der Waals surface area (Å²) in [6, 6.07) is 0.